The highest BCUT2D eigenvalue weighted by Gasteiger charge is 2.17. The fourth-order valence-electron chi connectivity index (χ4n) is 2.41. The maximum Gasteiger partial charge on any atom is 0.316 e. The van der Waals surface area contributed by atoms with Crippen LogP contribution in [0.2, 0.25) is 0 Å². The second kappa shape index (κ2) is 9.97. The molecule has 10 heteroatoms. The van der Waals surface area contributed by atoms with Gasteiger partial charge in [0, 0.05) is 23.1 Å². The Morgan fingerprint density at radius 3 is 2.63 bits per heavy atom. The molecule has 1 heterocycles. The van der Waals surface area contributed by atoms with E-state index in [0.29, 0.717) is 11.3 Å². The number of rotatable bonds is 8. The number of halogens is 2. The number of carbonyl (C=O) groups excluding carboxylic acids is 2. The number of hydrogen-bond acceptors (Lipinski definition) is 6. The number of nitrogens with one attached hydrogen (secondary N) is 2. The minimum Gasteiger partial charge on any atom is -0.481 e. The molecule has 0 aliphatic heterocycles. The first-order valence-electron chi connectivity index (χ1n) is 9.00. The minimum absolute atomic E-state index is 0.155. The molecule has 0 fully saturated rings. The normalized spacial score (nSPS) is 11.6. The summed E-state index contributed by atoms with van der Waals surface area (Å²) in [5.74, 6) is -0.782. The van der Waals surface area contributed by atoms with Gasteiger partial charge in [-0.05, 0) is 49.4 Å². The molecular weight excluding hydrogens is 459 g/mol. The average molecular weight is 477 g/mol. The molecule has 0 spiro atoms. The number of aromatic nitrogens is 2. The van der Waals surface area contributed by atoms with Crippen molar-refractivity contribution in [3.63, 3.8) is 0 Å². The first-order valence-corrected chi connectivity index (χ1v) is 9.79. The third-order valence-electron chi connectivity index (χ3n) is 3.91. The van der Waals surface area contributed by atoms with Crippen molar-refractivity contribution in [2.45, 2.75) is 13.0 Å². The molecule has 0 bridgehead atoms. The number of carbonyl (C=O) groups is 2. The predicted molar refractivity (Wildman–Crippen MR) is 109 cm³/mol. The summed E-state index contributed by atoms with van der Waals surface area (Å²) in [6, 6.07) is 12.6. The van der Waals surface area contributed by atoms with E-state index < -0.39 is 17.8 Å². The molecule has 1 atom stereocenters. The Morgan fingerprint density at radius 1 is 1.17 bits per heavy atom. The largest absolute Gasteiger partial charge is 0.481 e. The van der Waals surface area contributed by atoms with Gasteiger partial charge in [-0.15, -0.1) is 0 Å². The first kappa shape index (κ1) is 21.4. The van der Waals surface area contributed by atoms with Crippen molar-refractivity contribution < 1.29 is 23.2 Å². The second-order valence-electron chi connectivity index (χ2n) is 6.19. The summed E-state index contributed by atoms with van der Waals surface area (Å²) in [5.41, 5.74) is 0.519. The molecule has 2 N–H and O–H groups in total. The highest BCUT2D eigenvalue weighted by atomic mass is 79.9. The molecule has 30 heavy (non-hydrogen) atoms. The lowest BCUT2D eigenvalue weighted by Crippen LogP contribution is -2.40. The summed E-state index contributed by atoms with van der Waals surface area (Å²) in [5, 5.41) is 8.94. The molecule has 156 valence electrons. The van der Waals surface area contributed by atoms with Crippen LogP contribution in [0.1, 0.15) is 17.6 Å². The van der Waals surface area contributed by atoms with Crippen molar-refractivity contribution in [1.82, 2.24) is 20.8 Å². The lowest BCUT2D eigenvalue weighted by molar-refractivity contribution is -0.127. The van der Waals surface area contributed by atoms with Gasteiger partial charge in [-0.25, -0.2) is 4.39 Å². The quantitative estimate of drug-likeness (QED) is 0.484. The smallest absolute Gasteiger partial charge is 0.316 e. The Morgan fingerprint density at radius 2 is 1.90 bits per heavy atom. The maximum atomic E-state index is 13.0. The summed E-state index contributed by atoms with van der Waals surface area (Å²) >= 11 is 3.34. The number of hydrogen-bond donors (Lipinski definition) is 2. The molecule has 3 aromatic rings. The Kier molecular flexibility index (Phi) is 7.12. The van der Waals surface area contributed by atoms with Crippen LogP contribution >= 0.6 is 15.9 Å². The van der Waals surface area contributed by atoms with Crippen LogP contribution in [0.15, 0.2) is 57.5 Å². The highest BCUT2D eigenvalue weighted by Crippen LogP contribution is 2.19. The second-order valence-corrected chi connectivity index (χ2v) is 7.11. The fourth-order valence-corrected chi connectivity index (χ4v) is 2.79. The van der Waals surface area contributed by atoms with Gasteiger partial charge in [-0.2, -0.15) is 4.98 Å². The molecule has 2 aromatic carbocycles. The van der Waals surface area contributed by atoms with E-state index in [-0.39, 0.29) is 30.7 Å². The van der Waals surface area contributed by atoms with Crippen molar-refractivity contribution in [2.24, 2.45) is 0 Å². The fraction of sp³-hybridized carbons (Fsp3) is 0.200. The van der Waals surface area contributed by atoms with Crippen LogP contribution < -0.4 is 15.4 Å². The third-order valence-corrected chi connectivity index (χ3v) is 4.40. The van der Waals surface area contributed by atoms with Gasteiger partial charge in [0.05, 0.1) is 0 Å². The summed E-state index contributed by atoms with van der Waals surface area (Å²) in [4.78, 5) is 28.2. The number of nitrogens with zero attached hydrogens (tertiary/aromatic N) is 2. The lowest BCUT2D eigenvalue weighted by atomic mass is 10.2. The zero-order chi connectivity index (χ0) is 21.5. The van der Waals surface area contributed by atoms with E-state index in [4.69, 9.17) is 9.26 Å². The highest BCUT2D eigenvalue weighted by molar-refractivity contribution is 9.10. The van der Waals surface area contributed by atoms with Crippen LogP contribution in [0.25, 0.3) is 11.4 Å². The summed E-state index contributed by atoms with van der Waals surface area (Å²) < 4.78 is 24.3. The topological polar surface area (TPSA) is 106 Å². The van der Waals surface area contributed by atoms with Crippen LogP contribution in [-0.2, 0) is 4.79 Å². The van der Waals surface area contributed by atoms with E-state index in [1.807, 2.05) is 6.07 Å². The van der Waals surface area contributed by atoms with Crippen molar-refractivity contribution in [1.29, 1.82) is 0 Å². The molecule has 1 aromatic heterocycles. The van der Waals surface area contributed by atoms with Crippen molar-refractivity contribution in [3.8, 4) is 17.1 Å². The van der Waals surface area contributed by atoms with Gasteiger partial charge < -0.3 is 19.9 Å². The zero-order valence-electron chi connectivity index (χ0n) is 15.9. The first-order chi connectivity index (χ1) is 14.4. The lowest BCUT2D eigenvalue weighted by Gasteiger charge is -2.15. The van der Waals surface area contributed by atoms with E-state index in [2.05, 4.69) is 36.7 Å². The van der Waals surface area contributed by atoms with Gasteiger partial charge in [0.25, 0.3) is 5.91 Å². The molecule has 0 saturated carbocycles. The molecule has 0 saturated heterocycles. The van der Waals surface area contributed by atoms with Crippen LogP contribution in [0.5, 0.6) is 5.75 Å². The summed E-state index contributed by atoms with van der Waals surface area (Å²) in [7, 11) is 0. The van der Waals surface area contributed by atoms with Crippen molar-refractivity contribution >= 4 is 27.7 Å². The predicted octanol–water partition coefficient (Wildman–Crippen LogP) is 2.95. The standard InChI is InChI=1S/C20H18BrFN4O4/c1-12(29-16-4-2-3-14(21)11-16)18(27)23-9-10-24-19(28)20-25-17(26-30-20)13-5-7-15(22)8-6-13/h2-8,11-12H,9-10H2,1H3,(H,23,27)(H,24,28). The average Bonchev–Trinajstić information content (AvgIpc) is 3.22. The Hall–Kier alpha value is -3.27. The number of ether oxygens (including phenoxy) is 1. The molecule has 0 aliphatic rings. The molecular formula is C20H18BrFN4O4. The van der Waals surface area contributed by atoms with Gasteiger partial charge in [0.15, 0.2) is 6.10 Å². The van der Waals surface area contributed by atoms with E-state index in [1.165, 1.54) is 24.3 Å². The molecule has 2 amide bonds. The van der Waals surface area contributed by atoms with Crippen molar-refractivity contribution in [2.75, 3.05) is 13.1 Å². The molecule has 3 rings (SSSR count). The van der Waals surface area contributed by atoms with Crippen molar-refractivity contribution in [3.05, 3.63) is 64.7 Å². The Balaban J connectivity index is 1.42. The van der Waals surface area contributed by atoms with E-state index in [1.54, 1.807) is 25.1 Å². The Labute approximate surface area is 179 Å². The van der Waals surface area contributed by atoms with Gasteiger partial charge in [-0.1, -0.05) is 27.2 Å². The number of benzene rings is 2. The molecule has 0 aliphatic carbocycles. The van der Waals surface area contributed by atoms with Gasteiger partial charge >= 0.3 is 11.8 Å². The minimum atomic E-state index is -0.704. The van der Waals surface area contributed by atoms with Gasteiger partial charge in [-0.3, -0.25) is 9.59 Å². The molecule has 8 nitrogen and oxygen atoms in total. The van der Waals surface area contributed by atoms with E-state index >= 15 is 0 Å². The van der Waals surface area contributed by atoms with Gasteiger partial charge in [0.1, 0.15) is 11.6 Å². The molecule has 1 unspecified atom stereocenters. The van der Waals surface area contributed by atoms with E-state index in [0.717, 1.165) is 4.47 Å². The van der Waals surface area contributed by atoms with Crippen LogP contribution in [0.3, 0.4) is 0 Å². The zero-order valence-corrected chi connectivity index (χ0v) is 17.5. The SMILES string of the molecule is CC(Oc1cccc(Br)c1)C(=O)NCCNC(=O)c1nc(-c2ccc(F)cc2)no1. The summed E-state index contributed by atoms with van der Waals surface area (Å²) in [6.07, 6.45) is -0.704. The Bertz CT molecular complexity index is 1030. The van der Waals surface area contributed by atoms with Gasteiger partial charge in [0.2, 0.25) is 5.82 Å². The van der Waals surface area contributed by atoms with Crippen LogP contribution in [0.4, 0.5) is 4.39 Å². The molecule has 0 radical (unpaired) electrons. The van der Waals surface area contributed by atoms with Crippen LogP contribution in [-0.4, -0.2) is 41.1 Å². The number of amides is 2. The van der Waals surface area contributed by atoms with Crippen LogP contribution in [0, 0.1) is 5.82 Å². The summed E-state index contributed by atoms with van der Waals surface area (Å²) in [6.45, 7) is 1.97. The monoisotopic (exact) mass is 476 g/mol. The third kappa shape index (κ3) is 5.86. The maximum absolute atomic E-state index is 13.0. The van der Waals surface area contributed by atoms with E-state index in [9.17, 15) is 14.0 Å².